The van der Waals surface area contributed by atoms with Gasteiger partial charge >= 0.3 is 0 Å². The van der Waals surface area contributed by atoms with E-state index < -0.39 is 6.04 Å². The molecule has 0 spiro atoms. The van der Waals surface area contributed by atoms with Gasteiger partial charge < -0.3 is 15.4 Å². The van der Waals surface area contributed by atoms with E-state index in [4.69, 9.17) is 16.3 Å². The van der Waals surface area contributed by atoms with Crippen LogP contribution in [0.15, 0.2) is 48.5 Å². The van der Waals surface area contributed by atoms with Crippen molar-refractivity contribution in [2.24, 2.45) is 5.92 Å². The Morgan fingerprint density at radius 2 is 1.74 bits per heavy atom. The third kappa shape index (κ3) is 5.73. The normalized spacial score (nSPS) is 11.7. The summed E-state index contributed by atoms with van der Waals surface area (Å²) < 4.78 is 5.50. The van der Waals surface area contributed by atoms with Gasteiger partial charge in [0.05, 0.1) is 12.2 Å². The number of benzene rings is 2. The molecular formula is C21H25ClN2O3. The van der Waals surface area contributed by atoms with Crippen molar-refractivity contribution in [1.82, 2.24) is 10.6 Å². The van der Waals surface area contributed by atoms with Gasteiger partial charge in [0.2, 0.25) is 5.91 Å². The smallest absolute Gasteiger partial charge is 0.255 e. The predicted octanol–water partition coefficient (Wildman–Crippen LogP) is 3.81. The van der Waals surface area contributed by atoms with Crippen LogP contribution in [-0.4, -0.2) is 24.5 Å². The lowest BCUT2D eigenvalue weighted by Gasteiger charge is -2.22. The summed E-state index contributed by atoms with van der Waals surface area (Å²) in [4.78, 5) is 25.3. The third-order valence-electron chi connectivity index (χ3n) is 4.08. The lowest BCUT2D eigenvalue weighted by Crippen LogP contribution is -2.49. The minimum absolute atomic E-state index is 0.0838. The molecule has 2 aromatic carbocycles. The Morgan fingerprint density at radius 1 is 1.07 bits per heavy atom. The number of halogens is 1. The standard InChI is InChI=1S/C21H25ClN2O3/c1-4-27-18-12-8-6-10-16(18)20(25)24-19(14(2)3)21(26)23-13-15-9-5-7-11-17(15)22/h5-12,14,19H,4,13H2,1-3H3,(H,23,26)(H,24,25)/t19-/m0/s1. The van der Waals surface area contributed by atoms with Gasteiger partial charge in [-0.05, 0) is 36.6 Å². The fourth-order valence-corrected chi connectivity index (χ4v) is 2.83. The van der Waals surface area contributed by atoms with Crippen molar-refractivity contribution in [3.05, 3.63) is 64.7 Å². The first-order chi connectivity index (χ1) is 12.9. The molecule has 2 rings (SSSR count). The van der Waals surface area contributed by atoms with Gasteiger partial charge in [-0.25, -0.2) is 0 Å². The van der Waals surface area contributed by atoms with E-state index in [1.807, 2.05) is 39.0 Å². The number of carbonyl (C=O) groups excluding carboxylic acids is 2. The second-order valence-corrected chi connectivity index (χ2v) is 6.84. The van der Waals surface area contributed by atoms with Crippen LogP contribution in [0.2, 0.25) is 5.02 Å². The average molecular weight is 389 g/mol. The number of ether oxygens (including phenoxy) is 1. The van der Waals surface area contributed by atoms with Crippen LogP contribution in [0.5, 0.6) is 5.75 Å². The number of para-hydroxylation sites is 1. The van der Waals surface area contributed by atoms with Gasteiger partial charge in [0, 0.05) is 11.6 Å². The van der Waals surface area contributed by atoms with Gasteiger partial charge in [-0.2, -0.15) is 0 Å². The SMILES string of the molecule is CCOc1ccccc1C(=O)N[C@H](C(=O)NCc1ccccc1Cl)C(C)C. The first-order valence-corrected chi connectivity index (χ1v) is 9.35. The molecule has 2 aromatic rings. The van der Waals surface area contributed by atoms with Gasteiger partial charge in [0.15, 0.2) is 0 Å². The lowest BCUT2D eigenvalue weighted by molar-refractivity contribution is -0.124. The quantitative estimate of drug-likeness (QED) is 0.722. The largest absolute Gasteiger partial charge is 0.493 e. The van der Waals surface area contributed by atoms with Crippen molar-refractivity contribution in [2.45, 2.75) is 33.4 Å². The van der Waals surface area contributed by atoms with Crippen molar-refractivity contribution in [2.75, 3.05) is 6.61 Å². The zero-order valence-corrected chi connectivity index (χ0v) is 16.5. The maximum Gasteiger partial charge on any atom is 0.255 e. The zero-order chi connectivity index (χ0) is 19.8. The van der Waals surface area contributed by atoms with Crippen LogP contribution in [0, 0.1) is 5.92 Å². The summed E-state index contributed by atoms with van der Waals surface area (Å²) in [7, 11) is 0. The fraction of sp³-hybridized carbons (Fsp3) is 0.333. The summed E-state index contributed by atoms with van der Waals surface area (Å²) in [5.41, 5.74) is 1.23. The van der Waals surface area contributed by atoms with Crippen molar-refractivity contribution in [1.29, 1.82) is 0 Å². The maximum absolute atomic E-state index is 12.7. The molecule has 1 atom stereocenters. The number of amides is 2. The number of carbonyl (C=O) groups is 2. The zero-order valence-electron chi connectivity index (χ0n) is 15.8. The molecule has 0 saturated heterocycles. The van der Waals surface area contributed by atoms with Crippen molar-refractivity contribution < 1.29 is 14.3 Å². The van der Waals surface area contributed by atoms with Crippen LogP contribution in [0.1, 0.15) is 36.7 Å². The van der Waals surface area contributed by atoms with Crippen LogP contribution < -0.4 is 15.4 Å². The van der Waals surface area contributed by atoms with Crippen LogP contribution in [0.3, 0.4) is 0 Å². The molecule has 0 aromatic heterocycles. The van der Waals surface area contributed by atoms with Gasteiger partial charge in [0.25, 0.3) is 5.91 Å². The molecule has 0 saturated carbocycles. The van der Waals surface area contributed by atoms with E-state index in [2.05, 4.69) is 10.6 Å². The Labute approximate surface area is 165 Å². The maximum atomic E-state index is 12.7. The van der Waals surface area contributed by atoms with Gasteiger partial charge in [-0.15, -0.1) is 0 Å². The molecule has 0 aliphatic rings. The minimum Gasteiger partial charge on any atom is -0.493 e. The van der Waals surface area contributed by atoms with Gasteiger partial charge in [-0.1, -0.05) is 55.8 Å². The summed E-state index contributed by atoms with van der Waals surface area (Å²) in [5, 5.41) is 6.26. The van der Waals surface area contributed by atoms with Crippen molar-refractivity contribution in [3.63, 3.8) is 0 Å². The van der Waals surface area contributed by atoms with Crippen molar-refractivity contribution >= 4 is 23.4 Å². The van der Waals surface area contributed by atoms with E-state index in [9.17, 15) is 9.59 Å². The Bertz CT molecular complexity index is 793. The van der Waals surface area contributed by atoms with Gasteiger partial charge in [0.1, 0.15) is 11.8 Å². The number of hydrogen-bond donors (Lipinski definition) is 2. The molecule has 2 N–H and O–H groups in total. The molecule has 0 radical (unpaired) electrons. The number of rotatable bonds is 8. The second-order valence-electron chi connectivity index (χ2n) is 6.43. The molecule has 0 heterocycles. The molecule has 27 heavy (non-hydrogen) atoms. The minimum atomic E-state index is -0.672. The summed E-state index contributed by atoms with van der Waals surface area (Å²) in [6, 6.07) is 13.6. The van der Waals surface area contributed by atoms with E-state index in [0.717, 1.165) is 5.56 Å². The summed E-state index contributed by atoms with van der Waals surface area (Å²) in [6.45, 7) is 6.38. The molecule has 144 valence electrons. The van der Waals surface area contributed by atoms with Gasteiger partial charge in [-0.3, -0.25) is 9.59 Å². The molecular weight excluding hydrogens is 364 g/mol. The molecule has 0 aliphatic heterocycles. The Balaban J connectivity index is 2.07. The molecule has 0 aliphatic carbocycles. The highest BCUT2D eigenvalue weighted by molar-refractivity contribution is 6.31. The summed E-state index contributed by atoms with van der Waals surface area (Å²) in [5.74, 6) is -0.186. The molecule has 0 bridgehead atoms. The van der Waals surface area contributed by atoms with E-state index in [-0.39, 0.29) is 17.7 Å². The van der Waals surface area contributed by atoms with Crippen LogP contribution in [0.4, 0.5) is 0 Å². The van der Waals surface area contributed by atoms with Crippen molar-refractivity contribution in [3.8, 4) is 5.75 Å². The molecule has 6 heteroatoms. The number of hydrogen-bond acceptors (Lipinski definition) is 3. The van der Waals surface area contributed by atoms with E-state index in [1.54, 1.807) is 30.3 Å². The van der Waals surface area contributed by atoms with Crippen LogP contribution in [-0.2, 0) is 11.3 Å². The second kappa shape index (κ2) is 9.97. The summed E-state index contributed by atoms with van der Waals surface area (Å²) in [6.07, 6.45) is 0. The lowest BCUT2D eigenvalue weighted by atomic mass is 10.0. The summed E-state index contributed by atoms with van der Waals surface area (Å²) >= 11 is 6.13. The average Bonchev–Trinajstić information content (AvgIpc) is 2.65. The number of nitrogens with one attached hydrogen (secondary N) is 2. The highest BCUT2D eigenvalue weighted by Crippen LogP contribution is 2.19. The monoisotopic (exact) mass is 388 g/mol. The highest BCUT2D eigenvalue weighted by atomic mass is 35.5. The van der Waals surface area contributed by atoms with E-state index >= 15 is 0 Å². The molecule has 0 unspecified atom stereocenters. The fourth-order valence-electron chi connectivity index (χ4n) is 2.62. The Morgan fingerprint density at radius 3 is 2.41 bits per heavy atom. The van der Waals surface area contributed by atoms with Crippen LogP contribution in [0.25, 0.3) is 0 Å². The van der Waals surface area contributed by atoms with E-state index in [1.165, 1.54) is 0 Å². The first-order valence-electron chi connectivity index (χ1n) is 8.97. The van der Waals surface area contributed by atoms with Crippen LogP contribution >= 0.6 is 11.6 Å². The third-order valence-corrected chi connectivity index (χ3v) is 4.45. The topological polar surface area (TPSA) is 67.4 Å². The van der Waals surface area contributed by atoms with E-state index in [0.29, 0.717) is 29.5 Å². The Kier molecular flexibility index (Phi) is 7.67. The first kappa shape index (κ1) is 20.8. The predicted molar refractivity (Wildman–Crippen MR) is 107 cm³/mol. The molecule has 0 fully saturated rings. The molecule has 2 amide bonds. The highest BCUT2D eigenvalue weighted by Gasteiger charge is 2.25. The molecule has 5 nitrogen and oxygen atoms in total. The Hall–Kier alpha value is -2.53.